The lowest BCUT2D eigenvalue weighted by atomic mass is 10.1. The van der Waals surface area contributed by atoms with Crippen molar-refractivity contribution < 1.29 is 14.9 Å². The molecule has 0 saturated carbocycles. The minimum absolute atomic E-state index is 0.212. The van der Waals surface area contributed by atoms with Crippen LogP contribution in [0.2, 0.25) is 0 Å². The van der Waals surface area contributed by atoms with Crippen LogP contribution in [0.4, 0.5) is 0 Å². The first-order chi connectivity index (χ1) is 6.56. The van der Waals surface area contributed by atoms with Crippen LogP contribution in [0.5, 0.6) is 0 Å². The Morgan fingerprint density at radius 3 is 2.57 bits per heavy atom. The van der Waals surface area contributed by atoms with Gasteiger partial charge >= 0.3 is 0 Å². The summed E-state index contributed by atoms with van der Waals surface area (Å²) in [7, 11) is 0. The molecule has 6 heteroatoms. The molecule has 0 spiro atoms. The molecule has 0 aliphatic heterocycles. The first kappa shape index (κ1) is 12.3. The van der Waals surface area contributed by atoms with Gasteiger partial charge in [0.1, 0.15) is 5.71 Å². The maximum absolute atomic E-state index is 10.4. The van der Waals surface area contributed by atoms with Gasteiger partial charge in [-0.25, -0.2) is 0 Å². The predicted octanol–water partition coefficient (Wildman–Crippen LogP) is 1.02. The Bertz CT molecular complexity index is 283. The van der Waals surface area contributed by atoms with E-state index >= 15 is 0 Å². The second-order valence-corrected chi connectivity index (χ2v) is 2.68. The molecule has 0 radical (unpaired) electrons. The Kier molecular flexibility index (Phi) is 5.13. The second kappa shape index (κ2) is 5.85. The molecule has 0 bridgehead atoms. The summed E-state index contributed by atoms with van der Waals surface area (Å²) in [6, 6.07) is -0.878. The molecule has 6 nitrogen and oxygen atoms in total. The minimum atomic E-state index is -0.878. The molecule has 1 atom stereocenters. The molecule has 0 rings (SSSR count). The van der Waals surface area contributed by atoms with Crippen LogP contribution in [0, 0.1) is 10.1 Å². The van der Waals surface area contributed by atoms with Crippen LogP contribution in [0.25, 0.3) is 0 Å². The van der Waals surface area contributed by atoms with Crippen LogP contribution in [0.15, 0.2) is 16.8 Å². The Balaban J connectivity index is 4.87. The SMILES string of the molecule is CC/C(=C\C(C=O)=N/O)C(C)[N+](=O)[O-]. The molecular formula is C8H12N2O4. The van der Waals surface area contributed by atoms with Gasteiger partial charge in [0, 0.05) is 17.4 Å². The summed E-state index contributed by atoms with van der Waals surface area (Å²) < 4.78 is 0. The molecule has 1 N–H and O–H groups in total. The topological polar surface area (TPSA) is 92.8 Å². The highest BCUT2D eigenvalue weighted by Crippen LogP contribution is 2.09. The number of nitrogens with zero attached hydrogens (tertiary/aromatic N) is 2. The third-order valence-electron chi connectivity index (χ3n) is 1.83. The number of hydrogen-bond acceptors (Lipinski definition) is 5. The number of carbonyl (C=O) groups excluding carboxylic acids is 1. The summed E-state index contributed by atoms with van der Waals surface area (Å²) >= 11 is 0. The van der Waals surface area contributed by atoms with Crippen LogP contribution >= 0.6 is 0 Å². The molecule has 0 saturated heterocycles. The summed E-state index contributed by atoms with van der Waals surface area (Å²) in [5.74, 6) is 0. The van der Waals surface area contributed by atoms with E-state index in [0.29, 0.717) is 18.3 Å². The first-order valence-corrected chi connectivity index (χ1v) is 4.08. The zero-order valence-corrected chi connectivity index (χ0v) is 8.01. The minimum Gasteiger partial charge on any atom is -0.410 e. The number of allylic oxidation sites excluding steroid dienone is 1. The predicted molar refractivity (Wildman–Crippen MR) is 50.1 cm³/mol. The van der Waals surface area contributed by atoms with Crippen molar-refractivity contribution in [3.8, 4) is 0 Å². The fraction of sp³-hybridized carbons (Fsp3) is 0.500. The third-order valence-corrected chi connectivity index (χ3v) is 1.83. The van der Waals surface area contributed by atoms with Gasteiger partial charge in [0.05, 0.1) is 0 Å². The Labute approximate surface area is 81.1 Å². The standard InChI is InChI=1S/C8H12N2O4/c1-3-7(6(2)10(13)14)4-8(5-11)9-12/h4-6,12H,3H2,1-2H3/b7-4+,9-8+. The fourth-order valence-corrected chi connectivity index (χ4v) is 0.930. The van der Waals surface area contributed by atoms with E-state index in [1.807, 2.05) is 0 Å². The van der Waals surface area contributed by atoms with Gasteiger partial charge in [-0.1, -0.05) is 12.1 Å². The molecule has 0 aliphatic rings. The van der Waals surface area contributed by atoms with Gasteiger partial charge in [-0.3, -0.25) is 14.9 Å². The van der Waals surface area contributed by atoms with Crippen molar-refractivity contribution in [1.29, 1.82) is 0 Å². The lowest BCUT2D eigenvalue weighted by Crippen LogP contribution is -2.18. The van der Waals surface area contributed by atoms with E-state index < -0.39 is 11.0 Å². The van der Waals surface area contributed by atoms with Crippen LogP contribution in [0.1, 0.15) is 20.3 Å². The van der Waals surface area contributed by atoms with Crippen molar-refractivity contribution in [3.63, 3.8) is 0 Å². The highest BCUT2D eigenvalue weighted by atomic mass is 16.6. The maximum atomic E-state index is 10.4. The van der Waals surface area contributed by atoms with E-state index in [1.54, 1.807) is 6.92 Å². The van der Waals surface area contributed by atoms with E-state index in [2.05, 4.69) is 5.16 Å². The van der Waals surface area contributed by atoms with Gasteiger partial charge in [0.15, 0.2) is 6.29 Å². The Morgan fingerprint density at radius 1 is 1.71 bits per heavy atom. The molecule has 14 heavy (non-hydrogen) atoms. The first-order valence-electron chi connectivity index (χ1n) is 4.08. The van der Waals surface area contributed by atoms with Crippen molar-refractivity contribution in [2.24, 2.45) is 5.16 Å². The highest BCUT2D eigenvalue weighted by Gasteiger charge is 2.17. The van der Waals surface area contributed by atoms with Gasteiger partial charge in [0.2, 0.25) is 6.04 Å². The van der Waals surface area contributed by atoms with E-state index in [0.717, 1.165) is 0 Å². The zero-order chi connectivity index (χ0) is 11.1. The molecular weight excluding hydrogens is 188 g/mol. The molecule has 0 aromatic rings. The van der Waals surface area contributed by atoms with Gasteiger partial charge in [-0.15, -0.1) is 0 Å². The number of rotatable bonds is 5. The van der Waals surface area contributed by atoms with E-state index in [1.165, 1.54) is 13.0 Å². The number of aldehydes is 1. The van der Waals surface area contributed by atoms with Gasteiger partial charge in [0.25, 0.3) is 0 Å². The average molecular weight is 200 g/mol. The summed E-state index contributed by atoms with van der Waals surface area (Å²) in [6.07, 6.45) is 1.98. The number of nitro groups is 1. The molecule has 78 valence electrons. The van der Waals surface area contributed by atoms with Crippen molar-refractivity contribution in [3.05, 3.63) is 21.8 Å². The summed E-state index contributed by atoms with van der Waals surface area (Å²) in [5, 5.41) is 21.5. The lowest BCUT2D eigenvalue weighted by Gasteiger charge is -2.05. The quantitative estimate of drug-likeness (QED) is 0.236. The van der Waals surface area contributed by atoms with Crippen LogP contribution in [-0.2, 0) is 4.79 Å². The monoisotopic (exact) mass is 200 g/mol. The van der Waals surface area contributed by atoms with Gasteiger partial charge in [-0.2, -0.15) is 0 Å². The molecule has 0 amide bonds. The summed E-state index contributed by atoms with van der Waals surface area (Å²) in [6.45, 7) is 3.14. The maximum Gasteiger partial charge on any atom is 0.231 e. The van der Waals surface area contributed by atoms with E-state index in [9.17, 15) is 14.9 Å². The number of hydrogen-bond donors (Lipinski definition) is 1. The third kappa shape index (κ3) is 3.34. The van der Waals surface area contributed by atoms with Crippen molar-refractivity contribution >= 4 is 12.0 Å². The summed E-state index contributed by atoms with van der Waals surface area (Å²) in [5.41, 5.74) is 0.227. The van der Waals surface area contributed by atoms with Gasteiger partial charge in [-0.05, 0) is 12.5 Å². The number of oxime groups is 1. The summed E-state index contributed by atoms with van der Waals surface area (Å²) in [4.78, 5) is 20.2. The lowest BCUT2D eigenvalue weighted by molar-refractivity contribution is -0.507. The zero-order valence-electron chi connectivity index (χ0n) is 8.01. The molecule has 1 unspecified atom stereocenters. The second-order valence-electron chi connectivity index (χ2n) is 2.68. The van der Waals surface area contributed by atoms with Crippen LogP contribution in [-0.4, -0.2) is 28.2 Å². The Hall–Kier alpha value is -1.72. The van der Waals surface area contributed by atoms with Crippen molar-refractivity contribution in [2.45, 2.75) is 26.3 Å². The molecule has 0 heterocycles. The molecule has 0 aliphatic carbocycles. The molecule has 0 fully saturated rings. The average Bonchev–Trinajstić information content (AvgIpc) is 2.19. The molecule has 0 aromatic carbocycles. The Morgan fingerprint density at radius 2 is 2.29 bits per heavy atom. The smallest absolute Gasteiger partial charge is 0.231 e. The number of carbonyl (C=O) groups is 1. The van der Waals surface area contributed by atoms with Crippen molar-refractivity contribution in [2.75, 3.05) is 0 Å². The van der Waals surface area contributed by atoms with Crippen LogP contribution < -0.4 is 0 Å². The normalized spacial score (nSPS) is 15.0. The van der Waals surface area contributed by atoms with E-state index in [4.69, 9.17) is 5.21 Å². The van der Waals surface area contributed by atoms with Crippen molar-refractivity contribution in [1.82, 2.24) is 0 Å². The molecule has 0 aromatic heterocycles. The largest absolute Gasteiger partial charge is 0.410 e. The van der Waals surface area contributed by atoms with Crippen LogP contribution in [0.3, 0.4) is 0 Å². The fourth-order valence-electron chi connectivity index (χ4n) is 0.930. The van der Waals surface area contributed by atoms with E-state index in [-0.39, 0.29) is 5.71 Å². The van der Waals surface area contributed by atoms with Gasteiger partial charge < -0.3 is 5.21 Å². The highest BCUT2D eigenvalue weighted by molar-refractivity contribution is 6.33.